The number of hydrogen-bond acceptors (Lipinski definition) is 1. The molecule has 4 saturated carbocycles. The van der Waals surface area contributed by atoms with Crippen molar-refractivity contribution >= 4 is 17.7 Å². The predicted molar refractivity (Wildman–Crippen MR) is 117 cm³/mol. The molecule has 1 aromatic carbocycles. The monoisotopic (exact) mass is 398 g/mol. The summed E-state index contributed by atoms with van der Waals surface area (Å²) < 4.78 is 0. The molecule has 0 unspecified atom stereocenters. The summed E-state index contributed by atoms with van der Waals surface area (Å²) in [4.78, 5) is 0. The smallest absolute Gasteiger partial charge is 0.0809 e. The van der Waals surface area contributed by atoms with Crippen LogP contribution in [0, 0.1) is 34.5 Å². The van der Waals surface area contributed by atoms with Crippen LogP contribution in [0.2, 0.25) is 5.02 Å². The fourth-order valence-electron chi connectivity index (χ4n) is 8.09. The van der Waals surface area contributed by atoms with Crippen molar-refractivity contribution in [3.8, 4) is 0 Å². The molecule has 1 N–H and O–H groups in total. The molecule has 5 rings (SSSR count). The van der Waals surface area contributed by atoms with Crippen molar-refractivity contribution in [3.63, 3.8) is 0 Å². The summed E-state index contributed by atoms with van der Waals surface area (Å²) in [7, 11) is 0. The van der Waals surface area contributed by atoms with Gasteiger partial charge in [0.1, 0.15) is 0 Å². The Hall–Kier alpha value is -0.790. The quantitative estimate of drug-likeness (QED) is 0.533. The van der Waals surface area contributed by atoms with Gasteiger partial charge in [-0.3, -0.25) is 0 Å². The Morgan fingerprint density at radius 3 is 2.61 bits per heavy atom. The Morgan fingerprint density at radius 2 is 1.79 bits per heavy atom. The molecule has 0 radical (unpaired) electrons. The van der Waals surface area contributed by atoms with Crippen LogP contribution in [0.3, 0.4) is 0 Å². The maximum absolute atomic E-state index is 11.4. The van der Waals surface area contributed by atoms with E-state index < -0.39 is 0 Å². The van der Waals surface area contributed by atoms with Crippen molar-refractivity contribution in [1.29, 1.82) is 0 Å². The molecule has 0 heterocycles. The lowest BCUT2D eigenvalue weighted by molar-refractivity contribution is -0.119. The minimum absolute atomic E-state index is 0.0477. The van der Waals surface area contributed by atoms with Gasteiger partial charge in [0.25, 0.3) is 0 Å². The number of fused-ring (bicyclic) bond motifs is 5. The SMILES string of the molecule is C[C@]12CCCC[C@@H]1CC[C@@H]1[C@@H]2CC[C@]2(C)[C@@H](O)/C(=C/c3ccccc3Cl)C[C@@H]12. The highest BCUT2D eigenvalue weighted by Crippen LogP contribution is 2.67. The summed E-state index contributed by atoms with van der Waals surface area (Å²) in [6.45, 7) is 5.00. The van der Waals surface area contributed by atoms with Gasteiger partial charge in [-0.05, 0) is 91.2 Å². The number of aliphatic hydroxyl groups is 1. The van der Waals surface area contributed by atoms with E-state index in [9.17, 15) is 5.11 Å². The summed E-state index contributed by atoms with van der Waals surface area (Å²) in [6, 6.07) is 8.04. The van der Waals surface area contributed by atoms with E-state index in [0.29, 0.717) is 11.3 Å². The Labute approximate surface area is 175 Å². The van der Waals surface area contributed by atoms with Crippen molar-refractivity contribution in [2.75, 3.05) is 0 Å². The maximum Gasteiger partial charge on any atom is 0.0809 e. The highest BCUT2D eigenvalue weighted by atomic mass is 35.5. The fourth-order valence-corrected chi connectivity index (χ4v) is 8.28. The Bertz CT molecular complexity index is 784. The van der Waals surface area contributed by atoms with Gasteiger partial charge in [0.2, 0.25) is 0 Å². The van der Waals surface area contributed by atoms with Crippen molar-refractivity contribution in [2.24, 2.45) is 34.5 Å². The average Bonchev–Trinajstić information content (AvgIpc) is 2.94. The van der Waals surface area contributed by atoms with Gasteiger partial charge in [0.05, 0.1) is 6.10 Å². The maximum atomic E-state index is 11.4. The van der Waals surface area contributed by atoms with Crippen LogP contribution in [0.4, 0.5) is 0 Å². The zero-order valence-electron chi connectivity index (χ0n) is 17.5. The molecule has 28 heavy (non-hydrogen) atoms. The van der Waals surface area contributed by atoms with Crippen LogP contribution in [0.5, 0.6) is 0 Å². The topological polar surface area (TPSA) is 20.2 Å². The Balaban J connectivity index is 1.47. The number of halogens is 1. The number of benzene rings is 1. The molecule has 0 saturated heterocycles. The van der Waals surface area contributed by atoms with Crippen molar-refractivity contribution in [2.45, 2.75) is 77.7 Å². The highest BCUT2D eigenvalue weighted by molar-refractivity contribution is 6.32. The molecular formula is C26H35ClO. The molecule has 1 aromatic rings. The number of hydrogen-bond donors (Lipinski definition) is 1. The molecule has 0 bridgehead atoms. The fraction of sp³-hybridized carbons (Fsp3) is 0.692. The van der Waals surface area contributed by atoms with Gasteiger partial charge < -0.3 is 5.11 Å². The molecule has 4 aliphatic rings. The summed E-state index contributed by atoms with van der Waals surface area (Å²) in [5.41, 5.74) is 2.88. The molecule has 0 aromatic heterocycles. The van der Waals surface area contributed by atoms with Crippen LogP contribution in [0.1, 0.15) is 77.2 Å². The second kappa shape index (κ2) is 6.88. The molecule has 0 aliphatic heterocycles. The number of rotatable bonds is 1. The van der Waals surface area contributed by atoms with E-state index in [1.807, 2.05) is 18.2 Å². The zero-order chi connectivity index (χ0) is 19.5. The van der Waals surface area contributed by atoms with Crippen molar-refractivity contribution in [1.82, 2.24) is 0 Å². The molecular weight excluding hydrogens is 364 g/mol. The summed E-state index contributed by atoms with van der Waals surface area (Å²) in [5.74, 6) is 3.26. The summed E-state index contributed by atoms with van der Waals surface area (Å²) >= 11 is 6.42. The lowest BCUT2D eigenvalue weighted by Gasteiger charge is -2.60. The molecule has 2 heteroatoms. The van der Waals surface area contributed by atoms with E-state index in [-0.39, 0.29) is 11.5 Å². The summed E-state index contributed by atoms with van der Waals surface area (Å²) in [5, 5.41) is 12.2. The standard InChI is InChI=1S/C26H35ClO/c1-25-13-6-5-8-19(25)10-11-20-21(25)12-14-26(2)22(20)16-18(24(26)28)15-17-7-3-4-9-23(17)27/h3-4,7,9,15,19-22,24,28H,5-6,8,10-14,16H2,1-2H3/b18-15+/t19-,20-,21+,22+,24+,25+,26+/m1/s1. The lowest BCUT2D eigenvalue weighted by atomic mass is 9.45. The molecule has 4 fully saturated rings. The summed E-state index contributed by atoms with van der Waals surface area (Å²) in [6.07, 6.45) is 14.0. The van der Waals surface area contributed by atoms with Crippen LogP contribution in [-0.2, 0) is 0 Å². The molecule has 0 amide bonds. The molecule has 152 valence electrons. The molecule has 4 aliphatic carbocycles. The van der Waals surface area contributed by atoms with E-state index in [2.05, 4.69) is 26.0 Å². The van der Waals surface area contributed by atoms with Gasteiger partial charge >= 0.3 is 0 Å². The van der Waals surface area contributed by atoms with E-state index in [0.717, 1.165) is 34.8 Å². The van der Waals surface area contributed by atoms with E-state index in [1.165, 1.54) is 56.9 Å². The Kier molecular flexibility index (Phi) is 4.71. The van der Waals surface area contributed by atoms with Gasteiger partial charge in [-0.1, -0.05) is 62.6 Å². The number of aliphatic hydroxyl groups excluding tert-OH is 1. The second-order valence-corrected chi connectivity index (χ2v) is 11.2. The zero-order valence-corrected chi connectivity index (χ0v) is 18.2. The van der Waals surface area contributed by atoms with Crippen molar-refractivity contribution in [3.05, 3.63) is 40.4 Å². The van der Waals surface area contributed by atoms with Gasteiger partial charge in [-0.25, -0.2) is 0 Å². The van der Waals surface area contributed by atoms with Crippen LogP contribution >= 0.6 is 11.6 Å². The largest absolute Gasteiger partial charge is 0.388 e. The first-order valence-corrected chi connectivity index (χ1v) is 11.9. The predicted octanol–water partition coefficient (Wildman–Crippen LogP) is 7.13. The van der Waals surface area contributed by atoms with Gasteiger partial charge in [0.15, 0.2) is 0 Å². The first-order valence-electron chi connectivity index (χ1n) is 11.6. The first kappa shape index (κ1) is 19.2. The minimum Gasteiger partial charge on any atom is -0.388 e. The van der Waals surface area contributed by atoms with Crippen LogP contribution in [0.15, 0.2) is 29.8 Å². The van der Waals surface area contributed by atoms with Gasteiger partial charge in [-0.2, -0.15) is 0 Å². The Morgan fingerprint density at radius 1 is 0.964 bits per heavy atom. The van der Waals surface area contributed by atoms with E-state index in [1.54, 1.807) is 0 Å². The molecule has 1 nitrogen and oxygen atoms in total. The highest BCUT2D eigenvalue weighted by Gasteiger charge is 2.60. The third-order valence-corrected chi connectivity index (χ3v) is 10.0. The van der Waals surface area contributed by atoms with Crippen LogP contribution in [-0.4, -0.2) is 11.2 Å². The third-order valence-electron chi connectivity index (χ3n) is 9.70. The molecule has 7 atom stereocenters. The van der Waals surface area contributed by atoms with Crippen LogP contribution < -0.4 is 0 Å². The van der Waals surface area contributed by atoms with E-state index >= 15 is 0 Å². The first-order chi connectivity index (χ1) is 13.4. The second-order valence-electron chi connectivity index (χ2n) is 10.8. The average molecular weight is 399 g/mol. The third kappa shape index (κ3) is 2.76. The molecule has 0 spiro atoms. The minimum atomic E-state index is -0.313. The van der Waals surface area contributed by atoms with Crippen LogP contribution in [0.25, 0.3) is 6.08 Å². The lowest BCUT2D eigenvalue weighted by Crippen LogP contribution is -2.53. The van der Waals surface area contributed by atoms with Gasteiger partial charge in [-0.15, -0.1) is 0 Å². The van der Waals surface area contributed by atoms with Crippen molar-refractivity contribution < 1.29 is 5.11 Å². The van der Waals surface area contributed by atoms with E-state index in [4.69, 9.17) is 11.6 Å². The van der Waals surface area contributed by atoms with Gasteiger partial charge in [0, 0.05) is 10.4 Å². The normalized spacial score (nSPS) is 46.7.